The fraction of sp³-hybridized carbons (Fsp3) is 0. The van der Waals surface area contributed by atoms with Gasteiger partial charge in [0.05, 0.1) is 0 Å². The van der Waals surface area contributed by atoms with Gasteiger partial charge in [-0.15, -0.1) is 12.6 Å². The minimum atomic E-state index is 0. The monoisotopic (exact) mass is 199 g/mol. The van der Waals surface area contributed by atoms with Gasteiger partial charge < -0.3 is 0 Å². The molecule has 0 heterocycles. The summed E-state index contributed by atoms with van der Waals surface area (Å²) in [4.78, 5) is 0.979. The molecule has 1 aromatic rings. The summed E-state index contributed by atoms with van der Waals surface area (Å²) in [6.45, 7) is 3.64. The second kappa shape index (κ2) is 4.62. The van der Waals surface area contributed by atoms with E-state index in [-0.39, 0.29) is 17.1 Å². The van der Waals surface area contributed by atoms with Crippen LogP contribution in [-0.2, 0) is 17.1 Å². The standard InChI is InChI=1S/C8H8S.Cu/c1-2-7-5-3-4-6-8(7)9;/h2-6,9H,1H2;. The summed E-state index contributed by atoms with van der Waals surface area (Å²) in [5, 5.41) is 0. The first-order chi connectivity index (χ1) is 4.34. The van der Waals surface area contributed by atoms with Gasteiger partial charge in [-0.1, -0.05) is 30.9 Å². The van der Waals surface area contributed by atoms with E-state index in [4.69, 9.17) is 0 Å². The fourth-order valence-electron chi connectivity index (χ4n) is 0.660. The van der Waals surface area contributed by atoms with Crippen LogP contribution in [0.4, 0.5) is 0 Å². The molecule has 2 heteroatoms. The van der Waals surface area contributed by atoms with Crippen LogP contribution in [0.2, 0.25) is 0 Å². The first-order valence-electron chi connectivity index (χ1n) is 2.75. The molecule has 0 aromatic heterocycles. The molecule has 0 nitrogen and oxygen atoms in total. The third kappa shape index (κ3) is 2.22. The molecule has 1 radical (unpaired) electrons. The van der Waals surface area contributed by atoms with E-state index in [1.807, 2.05) is 24.3 Å². The maximum Gasteiger partial charge on any atom is 0.0112 e. The molecular weight excluding hydrogens is 192 g/mol. The van der Waals surface area contributed by atoms with Crippen molar-refractivity contribution in [3.8, 4) is 0 Å². The van der Waals surface area contributed by atoms with Gasteiger partial charge in [-0.25, -0.2) is 0 Å². The van der Waals surface area contributed by atoms with Crippen molar-refractivity contribution in [2.45, 2.75) is 4.90 Å². The zero-order chi connectivity index (χ0) is 6.69. The van der Waals surface area contributed by atoms with Gasteiger partial charge in [0.1, 0.15) is 0 Å². The summed E-state index contributed by atoms with van der Waals surface area (Å²) < 4.78 is 0. The smallest absolute Gasteiger partial charge is 0.0112 e. The Morgan fingerprint density at radius 3 is 2.30 bits per heavy atom. The summed E-state index contributed by atoms with van der Waals surface area (Å²) in [6, 6.07) is 7.85. The van der Waals surface area contributed by atoms with Crippen LogP contribution < -0.4 is 0 Å². The maximum atomic E-state index is 4.21. The predicted molar refractivity (Wildman–Crippen MR) is 43.8 cm³/mol. The normalized spacial score (nSPS) is 8.10. The third-order valence-corrected chi connectivity index (χ3v) is 1.56. The van der Waals surface area contributed by atoms with Crippen LogP contribution >= 0.6 is 12.6 Å². The predicted octanol–water partition coefficient (Wildman–Crippen LogP) is 2.62. The van der Waals surface area contributed by atoms with E-state index in [2.05, 4.69) is 19.2 Å². The van der Waals surface area contributed by atoms with Crippen LogP contribution in [0.3, 0.4) is 0 Å². The van der Waals surface area contributed by atoms with Gasteiger partial charge >= 0.3 is 0 Å². The Morgan fingerprint density at radius 2 is 1.90 bits per heavy atom. The van der Waals surface area contributed by atoms with Gasteiger partial charge in [-0.05, 0) is 11.6 Å². The Morgan fingerprint density at radius 1 is 1.30 bits per heavy atom. The van der Waals surface area contributed by atoms with Crippen LogP contribution in [0.5, 0.6) is 0 Å². The van der Waals surface area contributed by atoms with Crippen molar-refractivity contribution in [2.75, 3.05) is 0 Å². The van der Waals surface area contributed by atoms with Crippen molar-refractivity contribution < 1.29 is 17.1 Å². The van der Waals surface area contributed by atoms with Crippen LogP contribution in [-0.4, -0.2) is 0 Å². The van der Waals surface area contributed by atoms with Crippen LogP contribution in [0.1, 0.15) is 5.56 Å². The van der Waals surface area contributed by atoms with E-state index in [9.17, 15) is 0 Å². The summed E-state index contributed by atoms with van der Waals surface area (Å²) >= 11 is 4.21. The van der Waals surface area contributed by atoms with Gasteiger partial charge in [0, 0.05) is 22.0 Å². The van der Waals surface area contributed by atoms with Gasteiger partial charge in [0.2, 0.25) is 0 Å². The molecule has 1 rings (SSSR count). The topological polar surface area (TPSA) is 0 Å². The van der Waals surface area contributed by atoms with Crippen molar-refractivity contribution in [2.24, 2.45) is 0 Å². The molecule has 1 aromatic carbocycles. The Labute approximate surface area is 77.2 Å². The SMILES string of the molecule is C=Cc1ccccc1S.[Cu]. The van der Waals surface area contributed by atoms with E-state index in [0.29, 0.717) is 0 Å². The molecule has 0 N–H and O–H groups in total. The summed E-state index contributed by atoms with van der Waals surface area (Å²) in [7, 11) is 0. The maximum absolute atomic E-state index is 4.21. The van der Waals surface area contributed by atoms with Gasteiger partial charge in [0.25, 0.3) is 0 Å². The largest absolute Gasteiger partial charge is 0.143 e. The van der Waals surface area contributed by atoms with Crippen LogP contribution in [0.15, 0.2) is 35.7 Å². The second-order valence-corrected chi connectivity index (χ2v) is 2.24. The number of benzene rings is 1. The molecular formula is C8H8CuS. The molecule has 0 atom stereocenters. The van der Waals surface area contributed by atoms with E-state index in [0.717, 1.165) is 10.5 Å². The first-order valence-corrected chi connectivity index (χ1v) is 3.20. The second-order valence-electron chi connectivity index (χ2n) is 1.76. The Hall–Kier alpha value is -0.171. The minimum absolute atomic E-state index is 0. The molecule has 10 heavy (non-hydrogen) atoms. The molecule has 0 aliphatic rings. The van der Waals surface area contributed by atoms with Crippen LogP contribution in [0, 0.1) is 0 Å². The molecule has 0 fully saturated rings. The average Bonchev–Trinajstić information content (AvgIpc) is 1.89. The zero-order valence-corrected chi connectivity index (χ0v) is 7.18. The zero-order valence-electron chi connectivity index (χ0n) is 5.34. The fourth-order valence-corrected chi connectivity index (χ4v) is 0.912. The first kappa shape index (κ1) is 9.83. The quantitative estimate of drug-likeness (QED) is 0.522. The molecule has 0 bridgehead atoms. The van der Waals surface area contributed by atoms with Crippen molar-refractivity contribution in [1.82, 2.24) is 0 Å². The Balaban J connectivity index is 0.000000810. The summed E-state index contributed by atoms with van der Waals surface area (Å²) in [5.41, 5.74) is 1.08. The third-order valence-electron chi connectivity index (χ3n) is 1.16. The molecule has 0 unspecified atom stereocenters. The molecule has 0 aliphatic heterocycles. The Bertz CT molecular complexity index is 220. The molecule has 0 amide bonds. The molecule has 57 valence electrons. The number of thiol groups is 1. The Kier molecular flexibility index (Phi) is 4.54. The van der Waals surface area contributed by atoms with Gasteiger partial charge in [0.15, 0.2) is 0 Å². The van der Waals surface area contributed by atoms with Crippen molar-refractivity contribution in [3.05, 3.63) is 36.4 Å². The van der Waals surface area contributed by atoms with Crippen molar-refractivity contribution in [3.63, 3.8) is 0 Å². The van der Waals surface area contributed by atoms with Gasteiger partial charge in [-0.3, -0.25) is 0 Å². The molecule has 0 saturated carbocycles. The van der Waals surface area contributed by atoms with E-state index in [1.54, 1.807) is 6.08 Å². The molecule has 0 spiro atoms. The molecule has 0 aliphatic carbocycles. The van der Waals surface area contributed by atoms with Gasteiger partial charge in [-0.2, -0.15) is 0 Å². The average molecular weight is 200 g/mol. The summed E-state index contributed by atoms with van der Waals surface area (Å²) in [5.74, 6) is 0. The van der Waals surface area contributed by atoms with E-state index >= 15 is 0 Å². The van der Waals surface area contributed by atoms with E-state index < -0.39 is 0 Å². The summed E-state index contributed by atoms with van der Waals surface area (Å²) in [6.07, 6.45) is 1.79. The number of rotatable bonds is 1. The van der Waals surface area contributed by atoms with E-state index in [1.165, 1.54) is 0 Å². The minimum Gasteiger partial charge on any atom is -0.143 e. The van der Waals surface area contributed by atoms with Crippen LogP contribution in [0.25, 0.3) is 6.08 Å². The number of hydrogen-bond donors (Lipinski definition) is 1. The van der Waals surface area contributed by atoms with Crippen molar-refractivity contribution in [1.29, 1.82) is 0 Å². The van der Waals surface area contributed by atoms with Crippen molar-refractivity contribution >= 4 is 18.7 Å². The number of hydrogen-bond acceptors (Lipinski definition) is 1. The molecule has 0 saturated heterocycles.